The molecule has 4 rings (SSSR count). The number of carbonyl (C=O) groups excluding carboxylic acids is 2. The van der Waals surface area contributed by atoms with Gasteiger partial charge in [-0.15, -0.1) is 21.5 Å². The van der Waals surface area contributed by atoms with E-state index in [1.807, 2.05) is 47.9 Å². The van der Waals surface area contributed by atoms with Gasteiger partial charge in [-0.3, -0.25) is 9.36 Å². The van der Waals surface area contributed by atoms with Gasteiger partial charge in [-0.1, -0.05) is 49.0 Å². The molecule has 34 heavy (non-hydrogen) atoms. The van der Waals surface area contributed by atoms with Crippen molar-refractivity contribution in [3.8, 4) is 22.7 Å². The molecule has 0 atom stereocenters. The summed E-state index contributed by atoms with van der Waals surface area (Å²) in [7, 11) is 1.34. The third kappa shape index (κ3) is 4.92. The van der Waals surface area contributed by atoms with E-state index < -0.39 is 5.97 Å². The Kier molecular flexibility index (Phi) is 7.49. The number of methoxy groups -OCH3 is 1. The number of thiophene rings is 1. The fourth-order valence-electron chi connectivity index (χ4n) is 3.58. The molecule has 0 aliphatic carbocycles. The number of benzene rings is 1. The van der Waals surface area contributed by atoms with Crippen molar-refractivity contribution < 1.29 is 18.7 Å². The van der Waals surface area contributed by atoms with E-state index >= 15 is 0 Å². The number of nitrogens with one attached hydrogen (secondary N) is 1. The second-order valence-electron chi connectivity index (χ2n) is 7.37. The number of thioether (sulfide) groups is 1. The van der Waals surface area contributed by atoms with Gasteiger partial charge in [-0.2, -0.15) is 0 Å². The summed E-state index contributed by atoms with van der Waals surface area (Å²) in [4.78, 5) is 26.4. The Bertz CT molecular complexity index is 1280. The first kappa shape index (κ1) is 23.8. The Labute approximate surface area is 205 Å². The molecule has 0 radical (unpaired) electrons. The topological polar surface area (TPSA) is 99.2 Å². The largest absolute Gasteiger partial charge is 0.465 e. The van der Waals surface area contributed by atoms with Crippen molar-refractivity contribution in [2.75, 3.05) is 18.2 Å². The Morgan fingerprint density at radius 3 is 2.65 bits per heavy atom. The number of ether oxygens (including phenoxy) is 1. The maximum atomic E-state index is 12.9. The average Bonchev–Trinajstić information content (AvgIpc) is 3.57. The summed E-state index contributed by atoms with van der Waals surface area (Å²) in [5.74, 6) is 0.628. The molecule has 8 nitrogen and oxygen atoms in total. The number of anilines is 1. The summed E-state index contributed by atoms with van der Waals surface area (Å²) in [5.41, 5.74) is 2.03. The highest BCUT2D eigenvalue weighted by atomic mass is 32.2. The van der Waals surface area contributed by atoms with E-state index in [2.05, 4.69) is 22.4 Å². The van der Waals surface area contributed by atoms with Gasteiger partial charge in [0.25, 0.3) is 0 Å². The number of aromatic nitrogens is 3. The van der Waals surface area contributed by atoms with Gasteiger partial charge >= 0.3 is 5.97 Å². The first-order valence-corrected chi connectivity index (χ1v) is 12.5. The molecule has 0 bridgehead atoms. The molecule has 0 aliphatic heterocycles. The highest BCUT2D eigenvalue weighted by molar-refractivity contribution is 7.99. The van der Waals surface area contributed by atoms with E-state index in [9.17, 15) is 9.59 Å². The van der Waals surface area contributed by atoms with Crippen LogP contribution in [0.2, 0.25) is 0 Å². The highest BCUT2D eigenvalue weighted by Crippen LogP contribution is 2.40. The van der Waals surface area contributed by atoms with Crippen LogP contribution in [0.25, 0.3) is 22.7 Å². The zero-order valence-electron chi connectivity index (χ0n) is 19.0. The van der Waals surface area contributed by atoms with E-state index in [1.54, 1.807) is 12.3 Å². The third-order valence-corrected chi connectivity index (χ3v) is 7.01. The number of carbonyl (C=O) groups is 2. The minimum Gasteiger partial charge on any atom is -0.465 e. The fraction of sp³-hybridized carbons (Fsp3) is 0.250. The molecule has 1 amide bonds. The molecule has 0 aliphatic rings. The molecule has 3 heterocycles. The van der Waals surface area contributed by atoms with Crippen molar-refractivity contribution in [1.82, 2.24) is 14.8 Å². The highest BCUT2D eigenvalue weighted by Gasteiger charge is 2.25. The zero-order chi connectivity index (χ0) is 24.1. The molecule has 176 valence electrons. The molecular formula is C24H24N4O4S2. The number of aryl methyl sites for hydroxylation is 1. The summed E-state index contributed by atoms with van der Waals surface area (Å²) < 4.78 is 12.4. The van der Waals surface area contributed by atoms with Crippen LogP contribution in [0.15, 0.2) is 58.3 Å². The number of esters is 1. The Morgan fingerprint density at radius 2 is 1.97 bits per heavy atom. The third-order valence-electron chi connectivity index (χ3n) is 5.03. The molecule has 0 saturated heterocycles. The molecular weight excluding hydrogens is 472 g/mol. The van der Waals surface area contributed by atoms with Gasteiger partial charge in [-0.05, 0) is 31.0 Å². The Balaban J connectivity index is 1.54. The maximum absolute atomic E-state index is 12.9. The smallest absolute Gasteiger partial charge is 0.341 e. The van der Waals surface area contributed by atoms with Crippen molar-refractivity contribution in [3.63, 3.8) is 0 Å². The molecule has 0 spiro atoms. The van der Waals surface area contributed by atoms with Crippen LogP contribution in [0.4, 0.5) is 5.00 Å². The van der Waals surface area contributed by atoms with Gasteiger partial charge in [0.1, 0.15) is 10.6 Å². The van der Waals surface area contributed by atoms with Crippen molar-refractivity contribution in [1.29, 1.82) is 0 Å². The summed E-state index contributed by atoms with van der Waals surface area (Å²) in [6.45, 7) is 4.68. The first-order chi connectivity index (χ1) is 16.5. The SMILES string of the molecule is CCCn1c(SCC(=O)Nc2sc(C)c(-c3ccccc3)c2C(=O)OC)nnc1-c1ccco1. The van der Waals surface area contributed by atoms with E-state index in [0.29, 0.717) is 33.9 Å². The summed E-state index contributed by atoms with van der Waals surface area (Å²) in [6, 6.07) is 13.2. The van der Waals surface area contributed by atoms with Crippen LogP contribution in [0.1, 0.15) is 28.6 Å². The lowest BCUT2D eigenvalue weighted by atomic mass is 10.0. The minimum atomic E-state index is -0.489. The van der Waals surface area contributed by atoms with Crippen LogP contribution in [0, 0.1) is 6.92 Å². The Hall–Kier alpha value is -3.37. The van der Waals surface area contributed by atoms with Crippen LogP contribution in [0.5, 0.6) is 0 Å². The average molecular weight is 497 g/mol. The number of hydrogen-bond acceptors (Lipinski definition) is 8. The van der Waals surface area contributed by atoms with Crippen LogP contribution < -0.4 is 5.32 Å². The van der Waals surface area contributed by atoms with Crippen LogP contribution in [-0.2, 0) is 16.1 Å². The maximum Gasteiger partial charge on any atom is 0.341 e. The standard InChI is InChI=1S/C24H24N4O4S2/c1-4-12-28-21(17-11-8-13-32-17)26-27-24(28)33-14-18(29)25-22-20(23(30)31-3)19(15(2)34-22)16-9-6-5-7-10-16/h5-11,13H,4,12,14H2,1-3H3,(H,25,29). The van der Waals surface area contributed by atoms with Crippen molar-refractivity contribution >= 4 is 40.0 Å². The lowest BCUT2D eigenvalue weighted by Crippen LogP contribution is -2.16. The first-order valence-electron chi connectivity index (χ1n) is 10.7. The summed E-state index contributed by atoms with van der Waals surface area (Å²) in [6.07, 6.45) is 2.47. The number of rotatable bonds is 9. The van der Waals surface area contributed by atoms with Crippen molar-refractivity contribution in [3.05, 3.63) is 59.2 Å². The molecule has 3 aromatic heterocycles. The van der Waals surface area contributed by atoms with Gasteiger partial charge in [0, 0.05) is 17.0 Å². The second-order valence-corrected chi connectivity index (χ2v) is 9.53. The predicted octanol–water partition coefficient (Wildman–Crippen LogP) is 5.50. The molecule has 10 heteroatoms. The number of hydrogen-bond donors (Lipinski definition) is 1. The zero-order valence-corrected chi connectivity index (χ0v) is 20.7. The summed E-state index contributed by atoms with van der Waals surface area (Å²) >= 11 is 2.64. The fourth-order valence-corrected chi connectivity index (χ4v) is 5.43. The van der Waals surface area contributed by atoms with E-state index in [4.69, 9.17) is 9.15 Å². The molecule has 4 aromatic rings. The number of nitrogens with zero attached hydrogens (tertiary/aromatic N) is 3. The molecule has 0 saturated carbocycles. The van der Waals surface area contributed by atoms with Gasteiger partial charge in [0.2, 0.25) is 5.91 Å². The van der Waals surface area contributed by atoms with Gasteiger partial charge in [-0.25, -0.2) is 4.79 Å². The Morgan fingerprint density at radius 1 is 1.18 bits per heavy atom. The number of amides is 1. The lowest BCUT2D eigenvalue weighted by molar-refractivity contribution is -0.113. The normalized spacial score (nSPS) is 10.9. The second kappa shape index (κ2) is 10.7. The molecule has 1 N–H and O–H groups in total. The predicted molar refractivity (Wildman–Crippen MR) is 133 cm³/mol. The quantitative estimate of drug-likeness (QED) is 0.241. The van der Waals surface area contributed by atoms with Gasteiger partial charge in [0.05, 0.1) is 19.1 Å². The van der Waals surface area contributed by atoms with Crippen LogP contribution in [0.3, 0.4) is 0 Å². The molecule has 0 unspecified atom stereocenters. The van der Waals surface area contributed by atoms with E-state index in [0.717, 1.165) is 22.4 Å². The van der Waals surface area contributed by atoms with Gasteiger partial charge in [0.15, 0.2) is 16.7 Å². The lowest BCUT2D eigenvalue weighted by Gasteiger charge is -2.09. The molecule has 0 fully saturated rings. The molecule has 1 aromatic carbocycles. The monoisotopic (exact) mass is 496 g/mol. The van der Waals surface area contributed by atoms with Crippen molar-refractivity contribution in [2.45, 2.75) is 32.0 Å². The van der Waals surface area contributed by atoms with Crippen LogP contribution >= 0.6 is 23.1 Å². The van der Waals surface area contributed by atoms with Crippen molar-refractivity contribution in [2.24, 2.45) is 0 Å². The minimum absolute atomic E-state index is 0.109. The summed E-state index contributed by atoms with van der Waals surface area (Å²) in [5, 5.41) is 12.5. The number of furan rings is 1. The van der Waals surface area contributed by atoms with Crippen LogP contribution in [-0.4, -0.2) is 39.5 Å². The van der Waals surface area contributed by atoms with E-state index in [-0.39, 0.29) is 11.7 Å². The van der Waals surface area contributed by atoms with Gasteiger partial charge < -0.3 is 14.5 Å². The van der Waals surface area contributed by atoms with E-state index in [1.165, 1.54) is 30.2 Å².